The third-order valence-electron chi connectivity index (χ3n) is 3.00. The summed E-state index contributed by atoms with van der Waals surface area (Å²) in [6, 6.07) is 4.59. The highest BCUT2D eigenvalue weighted by molar-refractivity contribution is 5.65. The lowest BCUT2D eigenvalue weighted by molar-refractivity contribution is 0.628. The Hall–Kier alpha value is -2.17. The molecule has 0 fully saturated rings. The Morgan fingerprint density at radius 1 is 1.26 bits per heavy atom. The largest absolute Gasteiger partial charge is 0.383 e. The highest BCUT2D eigenvalue weighted by atomic mass is 19.1. The van der Waals surface area contributed by atoms with E-state index in [1.165, 1.54) is 12.1 Å². The number of nitrogens with two attached hydrogens (primary N) is 1. The van der Waals surface area contributed by atoms with E-state index >= 15 is 0 Å². The number of anilines is 3. The van der Waals surface area contributed by atoms with Crippen molar-refractivity contribution in [2.75, 3.05) is 11.1 Å². The summed E-state index contributed by atoms with van der Waals surface area (Å²) in [5, 5.41) is 3.13. The van der Waals surface area contributed by atoms with Crippen LogP contribution in [0.4, 0.5) is 21.7 Å². The predicted octanol–water partition coefficient (Wildman–Crippen LogP) is 3.12. The number of hydrogen-bond donors (Lipinski definition) is 2. The number of benzene rings is 1. The van der Waals surface area contributed by atoms with Crippen LogP contribution in [0.15, 0.2) is 18.2 Å². The van der Waals surface area contributed by atoms with Crippen molar-refractivity contribution >= 4 is 17.3 Å². The third kappa shape index (κ3) is 2.81. The first-order valence-electron chi connectivity index (χ1n) is 6.17. The molecule has 0 atom stereocenters. The molecule has 5 heteroatoms. The SMILES string of the molecule is CCc1nc(N)c(C)c(Nc2cc(F)ccc2C)n1. The van der Waals surface area contributed by atoms with Gasteiger partial charge in [-0.25, -0.2) is 14.4 Å². The number of nitrogens with one attached hydrogen (secondary N) is 1. The molecule has 19 heavy (non-hydrogen) atoms. The van der Waals surface area contributed by atoms with Crippen molar-refractivity contribution in [3.63, 3.8) is 0 Å². The molecular formula is C14H17FN4. The van der Waals surface area contributed by atoms with Crippen LogP contribution in [0, 0.1) is 19.7 Å². The van der Waals surface area contributed by atoms with Crippen molar-refractivity contribution in [1.29, 1.82) is 0 Å². The Bertz CT molecular complexity index is 611. The predicted molar refractivity (Wildman–Crippen MR) is 75.0 cm³/mol. The average molecular weight is 260 g/mol. The quantitative estimate of drug-likeness (QED) is 0.890. The van der Waals surface area contributed by atoms with Crippen LogP contribution >= 0.6 is 0 Å². The summed E-state index contributed by atoms with van der Waals surface area (Å²) in [7, 11) is 0. The van der Waals surface area contributed by atoms with Crippen LogP contribution in [0.2, 0.25) is 0 Å². The molecule has 0 unspecified atom stereocenters. The van der Waals surface area contributed by atoms with Crippen LogP contribution in [-0.4, -0.2) is 9.97 Å². The highest BCUT2D eigenvalue weighted by Gasteiger charge is 2.09. The molecule has 0 saturated heterocycles. The van der Waals surface area contributed by atoms with Gasteiger partial charge in [-0.3, -0.25) is 0 Å². The molecule has 2 aromatic rings. The first-order valence-corrected chi connectivity index (χ1v) is 6.17. The number of aromatic nitrogens is 2. The summed E-state index contributed by atoms with van der Waals surface area (Å²) >= 11 is 0. The van der Waals surface area contributed by atoms with Crippen molar-refractivity contribution in [1.82, 2.24) is 9.97 Å². The zero-order valence-electron chi connectivity index (χ0n) is 11.3. The van der Waals surface area contributed by atoms with Gasteiger partial charge in [0.05, 0.1) is 0 Å². The minimum atomic E-state index is -0.288. The molecule has 4 nitrogen and oxygen atoms in total. The number of rotatable bonds is 3. The zero-order valence-corrected chi connectivity index (χ0v) is 11.3. The Balaban J connectivity index is 2.42. The van der Waals surface area contributed by atoms with Crippen molar-refractivity contribution in [2.24, 2.45) is 0 Å². The number of hydrogen-bond acceptors (Lipinski definition) is 4. The molecule has 3 N–H and O–H groups in total. The first-order chi connectivity index (χ1) is 9.01. The summed E-state index contributed by atoms with van der Waals surface area (Å²) in [6.45, 7) is 5.70. The standard InChI is InChI=1S/C14H17FN4/c1-4-12-18-13(16)9(3)14(19-12)17-11-7-10(15)6-5-8(11)2/h5-7H,4H2,1-3H3,(H3,16,17,18,19). The van der Waals surface area contributed by atoms with Crippen LogP contribution in [0.1, 0.15) is 23.9 Å². The second-order valence-corrected chi connectivity index (χ2v) is 4.44. The fourth-order valence-electron chi connectivity index (χ4n) is 1.72. The van der Waals surface area contributed by atoms with Gasteiger partial charge in [0.2, 0.25) is 0 Å². The maximum Gasteiger partial charge on any atom is 0.139 e. The molecule has 0 saturated carbocycles. The van der Waals surface area contributed by atoms with Crippen LogP contribution in [-0.2, 0) is 6.42 Å². The molecule has 0 aliphatic heterocycles. The lowest BCUT2D eigenvalue weighted by Gasteiger charge is -2.13. The maximum atomic E-state index is 13.3. The Labute approximate surface area is 111 Å². The fraction of sp³-hybridized carbons (Fsp3) is 0.286. The molecular weight excluding hydrogens is 243 g/mol. The van der Waals surface area contributed by atoms with E-state index in [9.17, 15) is 4.39 Å². The molecule has 0 spiro atoms. The van der Waals surface area contributed by atoms with Crippen LogP contribution < -0.4 is 11.1 Å². The van der Waals surface area contributed by atoms with E-state index in [4.69, 9.17) is 5.73 Å². The van der Waals surface area contributed by atoms with Gasteiger partial charge < -0.3 is 11.1 Å². The second kappa shape index (κ2) is 5.22. The molecule has 0 aliphatic rings. The van der Waals surface area contributed by atoms with Gasteiger partial charge in [-0.2, -0.15) is 0 Å². The van der Waals surface area contributed by atoms with Gasteiger partial charge in [0.25, 0.3) is 0 Å². The van der Waals surface area contributed by atoms with E-state index in [0.717, 1.165) is 11.1 Å². The van der Waals surface area contributed by atoms with E-state index < -0.39 is 0 Å². The van der Waals surface area contributed by atoms with Crippen molar-refractivity contribution in [3.05, 3.63) is 41.0 Å². The summed E-state index contributed by atoms with van der Waals surface area (Å²) in [5.74, 6) is 1.45. The summed E-state index contributed by atoms with van der Waals surface area (Å²) in [5.41, 5.74) is 8.24. The topological polar surface area (TPSA) is 63.8 Å². The normalized spacial score (nSPS) is 10.5. The molecule has 1 aromatic carbocycles. The van der Waals surface area contributed by atoms with Gasteiger partial charge in [-0.1, -0.05) is 13.0 Å². The van der Waals surface area contributed by atoms with Gasteiger partial charge in [0, 0.05) is 17.7 Å². The number of nitrogens with zero attached hydrogens (tertiary/aromatic N) is 2. The van der Waals surface area contributed by atoms with Crippen LogP contribution in [0.5, 0.6) is 0 Å². The lowest BCUT2D eigenvalue weighted by atomic mass is 10.2. The molecule has 0 bridgehead atoms. The highest BCUT2D eigenvalue weighted by Crippen LogP contribution is 2.24. The first kappa shape index (κ1) is 13.3. The van der Waals surface area contributed by atoms with Gasteiger partial charge in [-0.15, -0.1) is 0 Å². The van der Waals surface area contributed by atoms with Crippen molar-refractivity contribution in [2.45, 2.75) is 27.2 Å². The van der Waals surface area contributed by atoms with Gasteiger partial charge in [0.15, 0.2) is 0 Å². The number of aryl methyl sites for hydroxylation is 2. The molecule has 2 rings (SSSR count). The van der Waals surface area contributed by atoms with E-state index in [-0.39, 0.29) is 5.82 Å². The van der Waals surface area contributed by atoms with Crippen molar-refractivity contribution in [3.8, 4) is 0 Å². The van der Waals surface area contributed by atoms with Crippen molar-refractivity contribution < 1.29 is 4.39 Å². The molecule has 0 radical (unpaired) electrons. The lowest BCUT2D eigenvalue weighted by Crippen LogP contribution is -2.07. The molecule has 1 heterocycles. The summed E-state index contributed by atoms with van der Waals surface area (Å²) < 4.78 is 13.3. The Kier molecular flexibility index (Phi) is 3.64. The third-order valence-corrected chi connectivity index (χ3v) is 3.00. The number of nitrogen functional groups attached to an aromatic ring is 1. The summed E-state index contributed by atoms with van der Waals surface area (Å²) in [6.07, 6.45) is 0.696. The average Bonchev–Trinajstić information content (AvgIpc) is 2.38. The number of halogens is 1. The fourth-order valence-corrected chi connectivity index (χ4v) is 1.72. The van der Waals surface area contributed by atoms with Crippen LogP contribution in [0.25, 0.3) is 0 Å². The van der Waals surface area contributed by atoms with E-state index in [0.29, 0.717) is 29.6 Å². The van der Waals surface area contributed by atoms with Gasteiger partial charge in [0.1, 0.15) is 23.3 Å². The molecule has 0 amide bonds. The van der Waals surface area contributed by atoms with Gasteiger partial charge >= 0.3 is 0 Å². The monoisotopic (exact) mass is 260 g/mol. The zero-order chi connectivity index (χ0) is 14.0. The van der Waals surface area contributed by atoms with Crippen LogP contribution in [0.3, 0.4) is 0 Å². The summed E-state index contributed by atoms with van der Waals surface area (Å²) in [4.78, 5) is 8.58. The van der Waals surface area contributed by atoms with Gasteiger partial charge in [-0.05, 0) is 31.5 Å². The Morgan fingerprint density at radius 3 is 2.68 bits per heavy atom. The second-order valence-electron chi connectivity index (χ2n) is 4.44. The van der Waals surface area contributed by atoms with E-state index in [1.807, 2.05) is 20.8 Å². The van der Waals surface area contributed by atoms with E-state index in [2.05, 4.69) is 15.3 Å². The minimum absolute atomic E-state index is 0.288. The minimum Gasteiger partial charge on any atom is -0.383 e. The molecule has 100 valence electrons. The van der Waals surface area contributed by atoms with E-state index in [1.54, 1.807) is 6.07 Å². The Morgan fingerprint density at radius 2 is 2.00 bits per heavy atom. The maximum absolute atomic E-state index is 13.3. The molecule has 1 aromatic heterocycles. The molecule has 0 aliphatic carbocycles. The smallest absolute Gasteiger partial charge is 0.139 e.